The minimum Gasteiger partial charge on any atom is -0.374 e. The third-order valence-electron chi connectivity index (χ3n) is 4.95. The molecule has 1 aliphatic heterocycles. The molecule has 1 aliphatic rings. The molecule has 4 heteroatoms. The van der Waals surface area contributed by atoms with Gasteiger partial charge in [-0.3, -0.25) is 4.79 Å². The van der Waals surface area contributed by atoms with Gasteiger partial charge in [-0.05, 0) is 18.1 Å². The fourth-order valence-corrected chi connectivity index (χ4v) is 3.38. The number of nitrogens with two attached hydrogens (primary N) is 1. The van der Waals surface area contributed by atoms with Crippen molar-refractivity contribution in [1.82, 2.24) is 4.90 Å². The Balaban J connectivity index is 1.82. The number of nitrogens with zero attached hydrogens (tertiary/aromatic N) is 1. The molecule has 2 N–H and O–H groups in total. The zero-order valence-corrected chi connectivity index (χ0v) is 14.8. The second-order valence-corrected chi connectivity index (χ2v) is 6.79. The van der Waals surface area contributed by atoms with E-state index in [0.29, 0.717) is 13.2 Å². The summed E-state index contributed by atoms with van der Waals surface area (Å²) in [5.41, 5.74) is 8.47. The van der Waals surface area contributed by atoms with E-state index in [2.05, 4.69) is 0 Å². The van der Waals surface area contributed by atoms with Gasteiger partial charge in [-0.25, -0.2) is 0 Å². The normalized spacial score (nSPS) is 23.1. The zero-order valence-electron chi connectivity index (χ0n) is 14.8. The smallest absolute Gasteiger partial charge is 0.228 e. The first-order chi connectivity index (χ1) is 12.1. The molecule has 0 aliphatic carbocycles. The number of hydrogen-bond acceptors (Lipinski definition) is 3. The Morgan fingerprint density at radius 3 is 2.36 bits per heavy atom. The summed E-state index contributed by atoms with van der Waals surface area (Å²) in [4.78, 5) is 15.2. The van der Waals surface area contributed by atoms with E-state index in [9.17, 15) is 4.79 Å². The average molecular weight is 338 g/mol. The van der Waals surface area contributed by atoms with Gasteiger partial charge in [-0.15, -0.1) is 0 Å². The van der Waals surface area contributed by atoms with Gasteiger partial charge in [0.1, 0.15) is 0 Å². The van der Waals surface area contributed by atoms with Crippen LogP contribution in [0.15, 0.2) is 60.7 Å². The van der Waals surface area contributed by atoms with Crippen LogP contribution in [-0.4, -0.2) is 30.1 Å². The largest absolute Gasteiger partial charge is 0.374 e. The molecule has 3 rings (SSSR count). The molecule has 0 bridgehead atoms. The lowest BCUT2D eigenvalue weighted by atomic mass is 9.92. The number of morpholine rings is 1. The third kappa shape index (κ3) is 3.91. The van der Waals surface area contributed by atoms with Gasteiger partial charge in [0.2, 0.25) is 5.91 Å². The third-order valence-corrected chi connectivity index (χ3v) is 4.95. The number of amides is 1. The van der Waals surface area contributed by atoms with Crippen LogP contribution in [0.5, 0.6) is 0 Å². The molecule has 2 aromatic rings. The molecule has 1 heterocycles. The minimum absolute atomic E-state index is 0.0315. The van der Waals surface area contributed by atoms with Crippen molar-refractivity contribution >= 4 is 5.91 Å². The van der Waals surface area contributed by atoms with Crippen molar-refractivity contribution in [3.05, 3.63) is 71.8 Å². The summed E-state index contributed by atoms with van der Waals surface area (Å²) in [7, 11) is 0. The fraction of sp³-hybridized carbons (Fsp3) is 0.381. The van der Waals surface area contributed by atoms with E-state index in [1.165, 1.54) is 0 Å². The number of rotatable bonds is 4. The second-order valence-electron chi connectivity index (χ2n) is 6.79. The number of benzene rings is 2. The molecule has 1 saturated heterocycles. The average Bonchev–Trinajstić information content (AvgIpc) is 2.67. The summed E-state index contributed by atoms with van der Waals surface area (Å²) in [5, 5.41) is 0. The summed E-state index contributed by atoms with van der Waals surface area (Å²) in [5.74, 6) is -0.209. The van der Waals surface area contributed by atoms with Crippen molar-refractivity contribution in [3.8, 4) is 0 Å². The molecule has 4 atom stereocenters. The van der Waals surface area contributed by atoms with Crippen LogP contribution in [0.4, 0.5) is 0 Å². The van der Waals surface area contributed by atoms with Crippen LogP contribution in [0.3, 0.4) is 0 Å². The molecule has 0 radical (unpaired) electrons. The molecule has 1 fully saturated rings. The van der Waals surface area contributed by atoms with Crippen molar-refractivity contribution in [2.45, 2.75) is 32.0 Å². The van der Waals surface area contributed by atoms with Crippen LogP contribution in [0.1, 0.15) is 37.1 Å². The lowest BCUT2D eigenvalue weighted by molar-refractivity contribution is -0.149. The van der Waals surface area contributed by atoms with Crippen LogP contribution in [0.25, 0.3) is 0 Å². The lowest BCUT2D eigenvalue weighted by Gasteiger charge is -2.41. The first-order valence-corrected chi connectivity index (χ1v) is 8.85. The first-order valence-electron chi connectivity index (χ1n) is 8.85. The Labute approximate surface area is 149 Å². The molecule has 2 aromatic carbocycles. The molecule has 25 heavy (non-hydrogen) atoms. The Bertz CT molecular complexity index is 690. The first kappa shape index (κ1) is 17.6. The van der Waals surface area contributed by atoms with Gasteiger partial charge in [0.05, 0.1) is 24.7 Å². The van der Waals surface area contributed by atoms with Gasteiger partial charge in [0, 0.05) is 12.6 Å². The molecular formula is C21H26N2O2. The lowest BCUT2D eigenvalue weighted by Crippen LogP contribution is -2.49. The standard InChI is InChI=1S/C21H26N2O2/c1-15-13-23(19(14-25-15)17-9-5-3-6-10-17)21(24)16(2)20(22)18-11-7-4-8-12-18/h3-12,15-16,19-20H,13-14,22H2,1-2H3. The molecule has 4 nitrogen and oxygen atoms in total. The van der Waals surface area contributed by atoms with Crippen molar-refractivity contribution in [3.63, 3.8) is 0 Å². The highest BCUT2D eigenvalue weighted by atomic mass is 16.5. The van der Waals surface area contributed by atoms with E-state index >= 15 is 0 Å². The van der Waals surface area contributed by atoms with Crippen LogP contribution < -0.4 is 5.73 Å². The Hall–Kier alpha value is -2.17. The highest BCUT2D eigenvalue weighted by molar-refractivity contribution is 5.80. The summed E-state index contributed by atoms with van der Waals surface area (Å²) in [6.45, 7) is 5.03. The van der Waals surface area contributed by atoms with Crippen LogP contribution in [0, 0.1) is 5.92 Å². The number of carbonyl (C=O) groups is 1. The molecule has 0 saturated carbocycles. The monoisotopic (exact) mass is 338 g/mol. The zero-order chi connectivity index (χ0) is 17.8. The number of ether oxygens (including phenoxy) is 1. The molecule has 132 valence electrons. The summed E-state index contributed by atoms with van der Waals surface area (Å²) in [6.07, 6.45) is 0.0315. The van der Waals surface area contributed by atoms with Crippen molar-refractivity contribution < 1.29 is 9.53 Å². The second kappa shape index (κ2) is 7.81. The molecule has 4 unspecified atom stereocenters. The Morgan fingerprint density at radius 2 is 1.72 bits per heavy atom. The Morgan fingerprint density at radius 1 is 1.12 bits per heavy atom. The number of hydrogen-bond donors (Lipinski definition) is 1. The van der Waals surface area contributed by atoms with Gasteiger partial charge in [-0.2, -0.15) is 0 Å². The summed E-state index contributed by atoms with van der Waals surface area (Å²) < 4.78 is 5.82. The van der Waals surface area contributed by atoms with E-state index in [1.54, 1.807) is 0 Å². The van der Waals surface area contributed by atoms with Crippen LogP contribution >= 0.6 is 0 Å². The molecule has 0 spiro atoms. The highest BCUT2D eigenvalue weighted by Crippen LogP contribution is 2.30. The van der Waals surface area contributed by atoms with E-state index in [-0.39, 0.29) is 30.0 Å². The van der Waals surface area contributed by atoms with Gasteiger partial charge >= 0.3 is 0 Å². The quantitative estimate of drug-likeness (QED) is 0.930. The van der Waals surface area contributed by atoms with Crippen LogP contribution in [0.2, 0.25) is 0 Å². The maximum atomic E-state index is 13.2. The van der Waals surface area contributed by atoms with E-state index in [1.807, 2.05) is 79.4 Å². The van der Waals surface area contributed by atoms with Gasteiger partial charge in [0.15, 0.2) is 0 Å². The summed E-state index contributed by atoms with van der Waals surface area (Å²) in [6, 6.07) is 19.5. The van der Waals surface area contributed by atoms with Gasteiger partial charge in [-0.1, -0.05) is 67.6 Å². The maximum absolute atomic E-state index is 13.2. The van der Waals surface area contributed by atoms with E-state index in [4.69, 9.17) is 10.5 Å². The minimum atomic E-state index is -0.316. The SMILES string of the molecule is CC1CN(C(=O)C(C)C(N)c2ccccc2)C(c2ccccc2)CO1. The highest BCUT2D eigenvalue weighted by Gasteiger charge is 2.35. The maximum Gasteiger partial charge on any atom is 0.228 e. The van der Waals surface area contributed by atoms with Crippen molar-refractivity contribution in [1.29, 1.82) is 0 Å². The predicted molar refractivity (Wildman–Crippen MR) is 98.8 cm³/mol. The van der Waals surface area contributed by atoms with Crippen LogP contribution in [-0.2, 0) is 9.53 Å². The van der Waals surface area contributed by atoms with Gasteiger partial charge < -0.3 is 15.4 Å². The van der Waals surface area contributed by atoms with Crippen molar-refractivity contribution in [2.24, 2.45) is 11.7 Å². The molecule has 0 aromatic heterocycles. The van der Waals surface area contributed by atoms with Crippen molar-refractivity contribution in [2.75, 3.05) is 13.2 Å². The molecule has 1 amide bonds. The summed E-state index contributed by atoms with van der Waals surface area (Å²) >= 11 is 0. The topological polar surface area (TPSA) is 55.6 Å². The predicted octanol–water partition coefficient (Wildman–Crippen LogP) is 3.31. The molecular weight excluding hydrogens is 312 g/mol. The Kier molecular flexibility index (Phi) is 5.51. The number of carbonyl (C=O) groups excluding carboxylic acids is 1. The van der Waals surface area contributed by atoms with E-state index in [0.717, 1.165) is 11.1 Å². The van der Waals surface area contributed by atoms with E-state index < -0.39 is 0 Å². The fourth-order valence-electron chi connectivity index (χ4n) is 3.38. The van der Waals surface area contributed by atoms with Gasteiger partial charge in [0.25, 0.3) is 0 Å².